The summed E-state index contributed by atoms with van der Waals surface area (Å²) in [5.74, 6) is 0.789. The van der Waals surface area contributed by atoms with Crippen LogP contribution in [0.25, 0.3) is 0 Å². The average Bonchev–Trinajstić information content (AvgIpc) is 2.95. The van der Waals surface area contributed by atoms with Crippen LogP contribution in [-0.4, -0.2) is 37.3 Å². The van der Waals surface area contributed by atoms with Gasteiger partial charge in [0.25, 0.3) is 0 Å². The van der Waals surface area contributed by atoms with Crippen LogP contribution in [0.1, 0.15) is 69.1 Å². The van der Waals surface area contributed by atoms with Gasteiger partial charge in [-0.25, -0.2) is 0 Å². The first-order valence-corrected chi connectivity index (χ1v) is 14.6. The second-order valence-electron chi connectivity index (χ2n) is 9.53. The molecule has 0 saturated heterocycles. The van der Waals surface area contributed by atoms with Crippen LogP contribution >= 0.6 is 11.8 Å². The Morgan fingerprint density at radius 1 is 0.763 bits per heavy atom. The molecule has 0 fully saturated rings. The summed E-state index contributed by atoms with van der Waals surface area (Å²) in [5.41, 5.74) is 2.19. The second kappa shape index (κ2) is 16.4. The zero-order chi connectivity index (χ0) is 27.1. The number of hydrogen-bond acceptors (Lipinski definition) is 5. The lowest BCUT2D eigenvalue weighted by Gasteiger charge is -2.37. The third-order valence-corrected chi connectivity index (χ3v) is 7.56. The molecule has 0 saturated carbocycles. The molecule has 4 nitrogen and oxygen atoms in total. The van der Waals surface area contributed by atoms with Crippen molar-refractivity contribution in [2.75, 3.05) is 26.9 Å². The molecule has 0 N–H and O–H groups in total. The second-order valence-corrected chi connectivity index (χ2v) is 11.0. The van der Waals surface area contributed by atoms with Gasteiger partial charge in [0.05, 0.1) is 25.6 Å². The smallest absolute Gasteiger partial charge is 0.186 e. The zero-order valence-corrected chi connectivity index (χ0v) is 23.9. The standard InChI is InChI=1S/C33H42O4S/c1-4-5-6-7-8-15-24-36-25-32(38-27(2)34)26-37-33(28-16-11-9-12-17-28,29-18-13-10-14-19-29)30-20-22-31(35-3)23-21-30/h9-14,16-23,32H,4-8,15,24-26H2,1-3H3/t32-/m1/s1. The van der Waals surface area contributed by atoms with Crippen molar-refractivity contribution < 1.29 is 19.0 Å². The fraction of sp³-hybridized carbons (Fsp3) is 0.424. The van der Waals surface area contributed by atoms with Crippen LogP contribution in [0.15, 0.2) is 84.9 Å². The quantitative estimate of drug-likeness (QED) is 0.130. The van der Waals surface area contributed by atoms with E-state index in [9.17, 15) is 4.79 Å². The number of carbonyl (C=O) groups is 1. The van der Waals surface area contributed by atoms with Crippen LogP contribution in [0.3, 0.4) is 0 Å². The number of benzene rings is 3. The lowest BCUT2D eigenvalue weighted by Crippen LogP contribution is -2.36. The largest absolute Gasteiger partial charge is 0.497 e. The summed E-state index contributed by atoms with van der Waals surface area (Å²) in [6.07, 6.45) is 7.33. The van der Waals surface area contributed by atoms with Crippen molar-refractivity contribution in [2.45, 2.75) is 63.2 Å². The summed E-state index contributed by atoms with van der Waals surface area (Å²) in [4.78, 5) is 12.1. The average molecular weight is 535 g/mol. The minimum Gasteiger partial charge on any atom is -0.497 e. The first-order chi connectivity index (χ1) is 18.6. The number of rotatable bonds is 17. The van der Waals surface area contributed by atoms with Gasteiger partial charge in [0, 0.05) is 13.5 Å². The number of thioether (sulfide) groups is 1. The zero-order valence-electron chi connectivity index (χ0n) is 23.1. The summed E-state index contributed by atoms with van der Waals surface area (Å²) < 4.78 is 18.4. The SMILES string of the molecule is CCCCCCCCOC[C@H](COC(c1ccccc1)(c1ccccc1)c1ccc(OC)cc1)SC(C)=O. The van der Waals surface area contributed by atoms with E-state index in [2.05, 4.69) is 43.3 Å². The van der Waals surface area contributed by atoms with Crippen LogP contribution in [0.5, 0.6) is 5.75 Å². The summed E-state index contributed by atoms with van der Waals surface area (Å²) in [6.45, 7) is 5.38. The fourth-order valence-electron chi connectivity index (χ4n) is 4.69. The van der Waals surface area contributed by atoms with Crippen molar-refractivity contribution in [3.63, 3.8) is 0 Å². The molecule has 5 heteroatoms. The highest BCUT2D eigenvalue weighted by molar-refractivity contribution is 8.14. The Morgan fingerprint density at radius 3 is 1.87 bits per heavy atom. The molecule has 0 aliphatic heterocycles. The van der Waals surface area contributed by atoms with Gasteiger partial charge in [-0.05, 0) is 35.2 Å². The first-order valence-electron chi connectivity index (χ1n) is 13.7. The highest BCUT2D eigenvalue weighted by Gasteiger charge is 2.38. The highest BCUT2D eigenvalue weighted by Crippen LogP contribution is 2.41. The van der Waals surface area contributed by atoms with E-state index in [1.165, 1.54) is 43.9 Å². The van der Waals surface area contributed by atoms with E-state index < -0.39 is 5.60 Å². The maximum atomic E-state index is 12.1. The van der Waals surface area contributed by atoms with Crippen molar-refractivity contribution in [3.8, 4) is 5.75 Å². The summed E-state index contributed by atoms with van der Waals surface area (Å²) >= 11 is 1.30. The normalized spacial score (nSPS) is 12.3. The molecule has 0 bridgehead atoms. The van der Waals surface area contributed by atoms with E-state index in [1.54, 1.807) is 14.0 Å². The maximum Gasteiger partial charge on any atom is 0.186 e. The van der Waals surface area contributed by atoms with E-state index in [4.69, 9.17) is 14.2 Å². The summed E-state index contributed by atoms with van der Waals surface area (Å²) in [5, 5.41) is -0.0473. The van der Waals surface area contributed by atoms with Crippen molar-refractivity contribution >= 4 is 16.9 Å². The first kappa shape index (κ1) is 29.9. The fourth-order valence-corrected chi connectivity index (χ4v) is 5.46. The van der Waals surface area contributed by atoms with Gasteiger partial charge in [-0.1, -0.05) is 124 Å². The van der Waals surface area contributed by atoms with Gasteiger partial charge in [-0.15, -0.1) is 0 Å². The molecular formula is C33H42O4S. The minimum atomic E-state index is -0.857. The molecule has 0 amide bonds. The molecule has 204 valence electrons. The number of carbonyl (C=O) groups excluding carboxylic acids is 1. The number of methoxy groups -OCH3 is 1. The van der Waals surface area contributed by atoms with Crippen LogP contribution in [0.4, 0.5) is 0 Å². The van der Waals surface area contributed by atoms with Crippen molar-refractivity contribution in [2.24, 2.45) is 0 Å². The van der Waals surface area contributed by atoms with Crippen molar-refractivity contribution in [3.05, 3.63) is 102 Å². The molecule has 0 unspecified atom stereocenters. The topological polar surface area (TPSA) is 44.8 Å². The van der Waals surface area contributed by atoms with Crippen LogP contribution in [0.2, 0.25) is 0 Å². The Morgan fingerprint density at radius 2 is 1.32 bits per heavy atom. The number of hydrogen-bond donors (Lipinski definition) is 0. The molecule has 0 aromatic heterocycles. The van der Waals surface area contributed by atoms with Crippen molar-refractivity contribution in [1.29, 1.82) is 0 Å². The Labute approximate surface area is 233 Å². The summed E-state index contributed by atoms with van der Waals surface area (Å²) in [6, 6.07) is 28.6. The molecule has 3 aromatic carbocycles. The number of unbranched alkanes of at least 4 members (excludes halogenated alkanes) is 5. The van der Waals surface area contributed by atoms with Crippen LogP contribution < -0.4 is 4.74 Å². The van der Waals surface area contributed by atoms with Gasteiger partial charge in [-0.2, -0.15) is 0 Å². The van der Waals surface area contributed by atoms with E-state index in [1.807, 2.05) is 48.5 Å². The maximum absolute atomic E-state index is 12.1. The minimum absolute atomic E-state index is 0.0660. The molecule has 38 heavy (non-hydrogen) atoms. The van der Waals surface area contributed by atoms with Gasteiger partial charge in [0.2, 0.25) is 0 Å². The lowest BCUT2D eigenvalue weighted by molar-refractivity contribution is -0.109. The monoisotopic (exact) mass is 534 g/mol. The van der Waals surface area contributed by atoms with Gasteiger partial charge < -0.3 is 14.2 Å². The Kier molecular flexibility index (Phi) is 12.9. The van der Waals surface area contributed by atoms with E-state index in [0.717, 1.165) is 28.9 Å². The van der Waals surface area contributed by atoms with E-state index in [0.29, 0.717) is 19.8 Å². The van der Waals surface area contributed by atoms with Gasteiger partial charge in [0.1, 0.15) is 11.4 Å². The molecule has 0 aliphatic carbocycles. The molecule has 3 rings (SSSR count). The number of ether oxygens (including phenoxy) is 3. The molecule has 1 atom stereocenters. The molecule has 0 radical (unpaired) electrons. The lowest BCUT2D eigenvalue weighted by atomic mass is 9.80. The molecular weight excluding hydrogens is 492 g/mol. The Hall–Kier alpha value is -2.60. The molecule has 3 aromatic rings. The van der Waals surface area contributed by atoms with Crippen molar-refractivity contribution in [1.82, 2.24) is 0 Å². The van der Waals surface area contributed by atoms with Crippen LogP contribution in [0, 0.1) is 0 Å². The Balaban J connectivity index is 1.84. The summed E-state index contributed by atoms with van der Waals surface area (Å²) in [7, 11) is 1.67. The molecule has 0 aliphatic rings. The molecule has 0 heterocycles. The van der Waals surface area contributed by atoms with Gasteiger partial charge >= 0.3 is 0 Å². The third kappa shape index (κ3) is 8.72. The highest BCUT2D eigenvalue weighted by atomic mass is 32.2. The van der Waals surface area contributed by atoms with E-state index in [-0.39, 0.29) is 10.4 Å². The predicted octanol–water partition coefficient (Wildman–Crippen LogP) is 8.03. The molecule has 0 spiro atoms. The van der Waals surface area contributed by atoms with Crippen LogP contribution in [-0.2, 0) is 19.9 Å². The van der Waals surface area contributed by atoms with Gasteiger partial charge in [-0.3, -0.25) is 4.79 Å². The third-order valence-electron chi connectivity index (χ3n) is 6.62. The van der Waals surface area contributed by atoms with E-state index >= 15 is 0 Å². The predicted molar refractivity (Wildman–Crippen MR) is 158 cm³/mol. The van der Waals surface area contributed by atoms with Gasteiger partial charge in [0.15, 0.2) is 5.12 Å². The Bertz CT molecular complexity index is 1010.